The molecule has 0 amide bonds. The van der Waals surface area contributed by atoms with E-state index in [9.17, 15) is 21.6 Å². The Morgan fingerprint density at radius 2 is 1.71 bits per heavy atom. The van der Waals surface area contributed by atoms with Gasteiger partial charge in [-0.3, -0.25) is 0 Å². The van der Waals surface area contributed by atoms with Gasteiger partial charge in [-0.05, 0) is 45.4 Å². The average molecular weight is 424 g/mol. The van der Waals surface area contributed by atoms with Crippen LogP contribution < -0.4 is 15.4 Å². The van der Waals surface area contributed by atoms with E-state index < -0.39 is 27.4 Å². The Kier molecular flexibility index (Phi) is 8.59. The Morgan fingerprint density at radius 1 is 1.11 bits per heavy atom. The topological polar surface area (TPSA) is 79.8 Å². The summed E-state index contributed by atoms with van der Waals surface area (Å²) >= 11 is 0. The Balaban J connectivity index is 2.62. The minimum Gasteiger partial charge on any atom is -0.484 e. The summed E-state index contributed by atoms with van der Waals surface area (Å²) in [4.78, 5) is 4.36. The largest absolute Gasteiger partial charge is 0.484 e. The molecular weight excluding hydrogens is 395 g/mol. The van der Waals surface area contributed by atoms with Gasteiger partial charge >= 0.3 is 6.18 Å². The van der Waals surface area contributed by atoms with Crippen molar-refractivity contribution < 1.29 is 26.3 Å². The summed E-state index contributed by atoms with van der Waals surface area (Å²) < 4.78 is 64.6. The van der Waals surface area contributed by atoms with Crippen LogP contribution in [0.5, 0.6) is 5.75 Å². The van der Waals surface area contributed by atoms with Gasteiger partial charge in [-0.2, -0.15) is 13.2 Å². The van der Waals surface area contributed by atoms with Gasteiger partial charge in [0.05, 0.1) is 17.0 Å². The summed E-state index contributed by atoms with van der Waals surface area (Å²) in [5.74, 6) is 0.568. The summed E-state index contributed by atoms with van der Waals surface area (Å²) in [7, 11) is -3.24. The van der Waals surface area contributed by atoms with Crippen molar-refractivity contribution in [3.63, 3.8) is 0 Å². The van der Waals surface area contributed by atoms with E-state index in [1.165, 1.54) is 12.1 Å². The van der Waals surface area contributed by atoms with Crippen molar-refractivity contribution in [2.75, 3.05) is 25.4 Å². The van der Waals surface area contributed by atoms with Crippen molar-refractivity contribution in [3.8, 4) is 5.75 Å². The molecule has 0 spiro atoms. The summed E-state index contributed by atoms with van der Waals surface area (Å²) in [5, 5.41) is 6.00. The van der Waals surface area contributed by atoms with Crippen LogP contribution in [-0.2, 0) is 16.4 Å². The molecule has 0 atom stereocenters. The molecule has 0 saturated heterocycles. The molecule has 1 aromatic rings. The minimum atomic E-state index is -4.38. The molecule has 0 fully saturated rings. The summed E-state index contributed by atoms with van der Waals surface area (Å²) in [6.45, 7) is 6.61. The fourth-order valence-electron chi connectivity index (χ4n) is 1.98. The van der Waals surface area contributed by atoms with Crippen LogP contribution in [0.4, 0.5) is 13.2 Å². The van der Waals surface area contributed by atoms with Crippen LogP contribution in [0.15, 0.2) is 29.3 Å². The van der Waals surface area contributed by atoms with Gasteiger partial charge in [0.25, 0.3) is 0 Å². The van der Waals surface area contributed by atoms with Crippen LogP contribution in [0.1, 0.15) is 33.3 Å². The number of alkyl halides is 3. The van der Waals surface area contributed by atoms with E-state index in [-0.39, 0.29) is 24.6 Å². The third-order valence-electron chi connectivity index (χ3n) is 3.69. The molecule has 0 bridgehead atoms. The number of guanidine groups is 1. The van der Waals surface area contributed by atoms with Crippen molar-refractivity contribution in [1.29, 1.82) is 0 Å². The molecule has 0 radical (unpaired) electrons. The van der Waals surface area contributed by atoms with Crippen LogP contribution in [-0.4, -0.2) is 50.7 Å². The Morgan fingerprint density at radius 3 is 2.21 bits per heavy atom. The second kappa shape index (κ2) is 9.99. The number of benzene rings is 1. The first-order valence-electron chi connectivity index (χ1n) is 8.87. The van der Waals surface area contributed by atoms with Crippen molar-refractivity contribution >= 4 is 15.8 Å². The van der Waals surface area contributed by atoms with Crippen LogP contribution in [0.25, 0.3) is 0 Å². The lowest BCUT2D eigenvalue weighted by molar-refractivity contribution is -0.153. The van der Waals surface area contributed by atoms with Crippen LogP contribution in [0.2, 0.25) is 0 Å². The van der Waals surface area contributed by atoms with Crippen molar-refractivity contribution in [2.45, 2.75) is 45.2 Å². The Bertz CT molecular complexity index is 740. The Labute approximate surface area is 164 Å². The Hall–Kier alpha value is -1.97. The second-order valence-corrected chi connectivity index (χ2v) is 9.96. The maximum absolute atomic E-state index is 12.1. The van der Waals surface area contributed by atoms with E-state index in [2.05, 4.69) is 20.4 Å². The maximum atomic E-state index is 12.1. The number of sulfone groups is 1. The fraction of sp³-hybridized carbons (Fsp3) is 0.611. The van der Waals surface area contributed by atoms with E-state index in [1.807, 2.05) is 6.92 Å². The molecule has 28 heavy (non-hydrogen) atoms. The zero-order valence-corrected chi connectivity index (χ0v) is 17.4. The number of halogens is 3. The molecule has 1 aromatic carbocycles. The van der Waals surface area contributed by atoms with Gasteiger partial charge in [-0.25, -0.2) is 13.4 Å². The maximum Gasteiger partial charge on any atom is 0.422 e. The standard InChI is InChI=1S/C18H28F3N3O3S/c1-5-22-16(23-10-11-28(25,26)17(2,3)4)24-12-14-6-8-15(9-7-14)27-13-18(19,20)21/h6-9H,5,10-13H2,1-4H3,(H2,22,23,24). The molecule has 0 aliphatic heterocycles. The highest BCUT2D eigenvalue weighted by atomic mass is 32.2. The minimum absolute atomic E-state index is 0.0217. The van der Waals surface area contributed by atoms with Gasteiger partial charge in [0.2, 0.25) is 0 Å². The molecule has 1 rings (SSSR count). The summed E-state index contributed by atoms with van der Waals surface area (Å²) in [6.07, 6.45) is -4.38. The highest BCUT2D eigenvalue weighted by Crippen LogP contribution is 2.19. The van der Waals surface area contributed by atoms with Crippen LogP contribution >= 0.6 is 0 Å². The lowest BCUT2D eigenvalue weighted by atomic mass is 10.2. The van der Waals surface area contributed by atoms with Crippen molar-refractivity contribution in [3.05, 3.63) is 29.8 Å². The number of nitrogens with one attached hydrogen (secondary N) is 2. The highest BCUT2D eigenvalue weighted by molar-refractivity contribution is 7.92. The zero-order valence-electron chi connectivity index (χ0n) is 16.6. The van der Waals surface area contributed by atoms with Gasteiger partial charge in [-0.15, -0.1) is 0 Å². The third kappa shape index (κ3) is 8.81. The molecule has 0 aliphatic carbocycles. The van der Waals surface area contributed by atoms with E-state index in [0.717, 1.165) is 5.56 Å². The summed E-state index contributed by atoms with van der Waals surface area (Å²) in [5.41, 5.74) is 0.777. The molecule has 0 heterocycles. The number of hydrogen-bond acceptors (Lipinski definition) is 4. The summed E-state index contributed by atoms with van der Waals surface area (Å²) in [6, 6.07) is 6.16. The van der Waals surface area contributed by atoms with E-state index in [0.29, 0.717) is 12.5 Å². The van der Waals surface area contributed by atoms with E-state index >= 15 is 0 Å². The van der Waals surface area contributed by atoms with E-state index in [1.54, 1.807) is 32.9 Å². The first-order valence-corrected chi connectivity index (χ1v) is 10.5. The van der Waals surface area contributed by atoms with Crippen molar-refractivity contribution in [2.24, 2.45) is 4.99 Å². The number of hydrogen-bond donors (Lipinski definition) is 2. The normalized spacial score (nSPS) is 13.3. The van der Waals surface area contributed by atoms with Gasteiger partial charge < -0.3 is 15.4 Å². The monoisotopic (exact) mass is 423 g/mol. The number of aliphatic imine (C=N–C) groups is 1. The van der Waals surface area contributed by atoms with Gasteiger partial charge in [0, 0.05) is 13.1 Å². The molecule has 0 saturated carbocycles. The number of rotatable bonds is 8. The lowest BCUT2D eigenvalue weighted by Gasteiger charge is -2.19. The molecule has 10 heteroatoms. The molecule has 6 nitrogen and oxygen atoms in total. The third-order valence-corrected chi connectivity index (χ3v) is 6.29. The smallest absolute Gasteiger partial charge is 0.422 e. The number of nitrogens with zero attached hydrogens (tertiary/aromatic N) is 1. The number of ether oxygens (including phenoxy) is 1. The zero-order chi connectivity index (χ0) is 21.4. The van der Waals surface area contributed by atoms with Gasteiger partial charge in [0.15, 0.2) is 22.4 Å². The predicted octanol–water partition coefficient (Wildman–Crippen LogP) is 2.90. The molecule has 160 valence electrons. The second-order valence-electron chi connectivity index (χ2n) is 7.10. The first-order chi connectivity index (χ1) is 12.8. The van der Waals surface area contributed by atoms with Gasteiger partial charge in [-0.1, -0.05) is 12.1 Å². The fourth-order valence-corrected chi connectivity index (χ4v) is 2.96. The average Bonchev–Trinajstić information content (AvgIpc) is 2.57. The molecule has 0 aromatic heterocycles. The highest BCUT2D eigenvalue weighted by Gasteiger charge is 2.29. The molecule has 0 unspecified atom stereocenters. The molecular formula is C18H28F3N3O3S. The lowest BCUT2D eigenvalue weighted by Crippen LogP contribution is -2.41. The van der Waals surface area contributed by atoms with Crippen LogP contribution in [0.3, 0.4) is 0 Å². The van der Waals surface area contributed by atoms with Gasteiger partial charge in [0.1, 0.15) is 5.75 Å². The quantitative estimate of drug-likeness (QED) is 0.497. The van der Waals surface area contributed by atoms with Crippen LogP contribution in [0, 0.1) is 0 Å². The van der Waals surface area contributed by atoms with Crippen molar-refractivity contribution in [1.82, 2.24) is 10.6 Å². The molecule has 2 N–H and O–H groups in total. The van der Waals surface area contributed by atoms with E-state index in [4.69, 9.17) is 0 Å². The SMILES string of the molecule is CCNC(=NCc1ccc(OCC(F)(F)F)cc1)NCCS(=O)(=O)C(C)(C)C. The predicted molar refractivity (Wildman–Crippen MR) is 104 cm³/mol. The molecule has 0 aliphatic rings. The first kappa shape index (κ1) is 24.1.